The van der Waals surface area contributed by atoms with Gasteiger partial charge in [-0.2, -0.15) is 5.10 Å². The number of hydrogen-bond acceptors (Lipinski definition) is 6. The van der Waals surface area contributed by atoms with Crippen molar-refractivity contribution in [2.45, 2.75) is 13.8 Å². The Kier molecular flexibility index (Phi) is 6.47. The predicted octanol–water partition coefficient (Wildman–Crippen LogP) is 2.13. The summed E-state index contributed by atoms with van der Waals surface area (Å²) in [7, 11) is -3.68. The lowest BCUT2D eigenvalue weighted by atomic mass is 10.1. The number of carbonyl (C=O) groups is 1. The van der Waals surface area contributed by atoms with Crippen molar-refractivity contribution in [1.82, 2.24) is 5.43 Å². The van der Waals surface area contributed by atoms with Gasteiger partial charge < -0.3 is 0 Å². The van der Waals surface area contributed by atoms with Gasteiger partial charge in [0.05, 0.1) is 23.1 Å². The van der Waals surface area contributed by atoms with Crippen molar-refractivity contribution in [3.05, 3.63) is 69.3 Å². The molecule has 0 aliphatic heterocycles. The number of amides is 1. The summed E-state index contributed by atoms with van der Waals surface area (Å²) >= 11 is 0. The number of non-ortho nitro benzene ring substituents is 1. The number of benzene rings is 2. The molecule has 28 heavy (non-hydrogen) atoms. The Morgan fingerprint density at radius 1 is 1.18 bits per heavy atom. The average Bonchev–Trinajstić information content (AvgIpc) is 2.61. The van der Waals surface area contributed by atoms with Crippen LogP contribution >= 0.6 is 0 Å². The Morgan fingerprint density at radius 2 is 1.82 bits per heavy atom. The van der Waals surface area contributed by atoms with Crippen LogP contribution in [0.1, 0.15) is 16.7 Å². The number of sulfonamides is 1. The number of carbonyl (C=O) groups excluding carboxylic acids is 1. The number of nitrogens with zero attached hydrogens (tertiary/aromatic N) is 3. The standard InChI is InChI=1S/C18H20N4O5S/c1-13-4-7-17(10-14(13)2)21(28(3,26)27)12-18(23)20-19-11-15-5-8-16(9-6-15)22(24)25/h4-11H,12H2,1-3H3,(H,20,23)/b19-11-. The first-order valence-electron chi connectivity index (χ1n) is 8.19. The molecular weight excluding hydrogens is 384 g/mol. The van der Waals surface area contributed by atoms with Gasteiger partial charge in [0.1, 0.15) is 6.54 Å². The largest absolute Gasteiger partial charge is 0.271 e. The van der Waals surface area contributed by atoms with Gasteiger partial charge in [0.2, 0.25) is 10.0 Å². The van der Waals surface area contributed by atoms with E-state index < -0.39 is 27.4 Å². The van der Waals surface area contributed by atoms with Gasteiger partial charge in [-0.25, -0.2) is 13.8 Å². The van der Waals surface area contributed by atoms with Gasteiger partial charge in [0, 0.05) is 12.1 Å². The van der Waals surface area contributed by atoms with Crippen molar-refractivity contribution in [2.24, 2.45) is 5.10 Å². The summed E-state index contributed by atoms with van der Waals surface area (Å²) in [6.45, 7) is 3.33. The molecule has 9 nitrogen and oxygen atoms in total. The van der Waals surface area contributed by atoms with Crippen molar-refractivity contribution in [3.8, 4) is 0 Å². The second-order valence-corrected chi connectivity index (χ2v) is 8.09. The molecule has 0 aliphatic carbocycles. The first-order valence-corrected chi connectivity index (χ1v) is 10.0. The maximum absolute atomic E-state index is 12.1. The Hall–Kier alpha value is -3.27. The molecule has 0 aromatic heterocycles. The van der Waals surface area contributed by atoms with E-state index in [-0.39, 0.29) is 5.69 Å². The molecule has 1 amide bonds. The third-order valence-electron chi connectivity index (χ3n) is 3.97. The summed E-state index contributed by atoms with van der Waals surface area (Å²) in [4.78, 5) is 22.2. The SMILES string of the molecule is Cc1ccc(N(CC(=O)N/N=C\c2ccc([N+](=O)[O-])cc2)S(C)(=O)=O)cc1C. The fourth-order valence-corrected chi connectivity index (χ4v) is 3.16. The Balaban J connectivity index is 2.07. The number of aryl methyl sites for hydroxylation is 2. The summed E-state index contributed by atoms with van der Waals surface area (Å²) in [6, 6.07) is 10.7. The van der Waals surface area contributed by atoms with Crippen LogP contribution in [0, 0.1) is 24.0 Å². The molecule has 2 aromatic carbocycles. The summed E-state index contributed by atoms with van der Waals surface area (Å²) in [5.74, 6) is -0.623. The number of hydrogen-bond donors (Lipinski definition) is 1. The van der Waals surface area contributed by atoms with E-state index >= 15 is 0 Å². The molecule has 0 atom stereocenters. The van der Waals surface area contributed by atoms with Crippen molar-refractivity contribution in [3.63, 3.8) is 0 Å². The number of anilines is 1. The van der Waals surface area contributed by atoms with Crippen LogP contribution in [-0.2, 0) is 14.8 Å². The maximum atomic E-state index is 12.1. The minimum Gasteiger partial charge on any atom is -0.271 e. The highest BCUT2D eigenvalue weighted by Crippen LogP contribution is 2.21. The molecule has 0 fully saturated rings. The number of hydrazone groups is 1. The lowest BCUT2D eigenvalue weighted by Crippen LogP contribution is -2.39. The number of nitro benzene ring substituents is 1. The van der Waals surface area contributed by atoms with Crippen molar-refractivity contribution >= 4 is 33.5 Å². The Morgan fingerprint density at radius 3 is 2.36 bits per heavy atom. The number of rotatable bonds is 7. The van der Waals surface area contributed by atoms with Gasteiger partial charge in [-0.05, 0) is 54.8 Å². The van der Waals surface area contributed by atoms with E-state index in [1.807, 2.05) is 13.8 Å². The van der Waals surface area contributed by atoms with Crippen LogP contribution in [0.25, 0.3) is 0 Å². The Labute approximate surface area is 162 Å². The summed E-state index contributed by atoms with van der Waals surface area (Å²) in [5, 5.41) is 14.4. The Bertz CT molecular complexity index is 1020. The normalized spacial score (nSPS) is 11.4. The molecule has 1 N–H and O–H groups in total. The molecular formula is C18H20N4O5S. The minimum atomic E-state index is -3.68. The maximum Gasteiger partial charge on any atom is 0.269 e. The van der Waals surface area contributed by atoms with E-state index in [0.29, 0.717) is 11.3 Å². The molecule has 2 aromatic rings. The number of nitro groups is 1. The molecule has 0 spiro atoms. The molecule has 2 rings (SSSR count). The van der Waals surface area contributed by atoms with Crippen LogP contribution in [-0.4, -0.2) is 38.3 Å². The van der Waals surface area contributed by atoms with Crippen LogP contribution in [0.2, 0.25) is 0 Å². The minimum absolute atomic E-state index is 0.0571. The highest BCUT2D eigenvalue weighted by atomic mass is 32.2. The quantitative estimate of drug-likeness (QED) is 0.430. The van der Waals surface area contributed by atoms with Gasteiger partial charge >= 0.3 is 0 Å². The first-order chi connectivity index (χ1) is 13.1. The van der Waals surface area contributed by atoms with Gasteiger partial charge in [-0.15, -0.1) is 0 Å². The van der Waals surface area contributed by atoms with Crippen LogP contribution < -0.4 is 9.73 Å². The molecule has 0 saturated heterocycles. The second kappa shape index (κ2) is 8.61. The first kappa shape index (κ1) is 21.0. The number of nitrogens with one attached hydrogen (secondary N) is 1. The molecule has 0 radical (unpaired) electrons. The zero-order valence-electron chi connectivity index (χ0n) is 15.6. The third kappa shape index (κ3) is 5.61. The summed E-state index contributed by atoms with van der Waals surface area (Å²) in [6.07, 6.45) is 2.33. The van der Waals surface area contributed by atoms with Crippen LogP contribution in [0.5, 0.6) is 0 Å². The van der Waals surface area contributed by atoms with E-state index in [9.17, 15) is 23.3 Å². The van der Waals surface area contributed by atoms with E-state index in [1.54, 1.807) is 18.2 Å². The van der Waals surface area contributed by atoms with Crippen LogP contribution in [0.4, 0.5) is 11.4 Å². The fourth-order valence-electron chi connectivity index (χ4n) is 2.31. The van der Waals surface area contributed by atoms with Gasteiger partial charge in [0.15, 0.2) is 0 Å². The molecule has 10 heteroatoms. The predicted molar refractivity (Wildman–Crippen MR) is 107 cm³/mol. The van der Waals surface area contributed by atoms with E-state index in [2.05, 4.69) is 10.5 Å². The highest BCUT2D eigenvalue weighted by molar-refractivity contribution is 7.92. The van der Waals surface area contributed by atoms with Crippen molar-refractivity contribution in [2.75, 3.05) is 17.1 Å². The molecule has 0 bridgehead atoms. The van der Waals surface area contributed by atoms with Gasteiger partial charge in [0.25, 0.3) is 11.6 Å². The molecule has 0 unspecified atom stereocenters. The highest BCUT2D eigenvalue weighted by Gasteiger charge is 2.21. The van der Waals surface area contributed by atoms with E-state index in [1.165, 1.54) is 30.5 Å². The monoisotopic (exact) mass is 404 g/mol. The van der Waals surface area contributed by atoms with Crippen molar-refractivity contribution in [1.29, 1.82) is 0 Å². The lowest BCUT2D eigenvalue weighted by Gasteiger charge is -2.22. The zero-order valence-corrected chi connectivity index (χ0v) is 16.4. The summed E-state index contributed by atoms with van der Waals surface area (Å²) in [5.41, 5.74) is 5.04. The zero-order chi connectivity index (χ0) is 20.9. The van der Waals surface area contributed by atoms with Gasteiger partial charge in [-0.1, -0.05) is 6.07 Å². The smallest absolute Gasteiger partial charge is 0.269 e. The third-order valence-corrected chi connectivity index (χ3v) is 5.11. The molecule has 0 aliphatic rings. The van der Waals surface area contributed by atoms with E-state index in [4.69, 9.17) is 0 Å². The van der Waals surface area contributed by atoms with Crippen LogP contribution in [0.15, 0.2) is 47.6 Å². The van der Waals surface area contributed by atoms with Crippen LogP contribution in [0.3, 0.4) is 0 Å². The molecule has 0 saturated carbocycles. The molecule has 0 heterocycles. The average molecular weight is 404 g/mol. The van der Waals surface area contributed by atoms with Gasteiger partial charge in [-0.3, -0.25) is 19.2 Å². The summed E-state index contributed by atoms with van der Waals surface area (Å²) < 4.78 is 25.2. The van der Waals surface area contributed by atoms with Crippen molar-refractivity contribution < 1.29 is 18.1 Å². The van der Waals surface area contributed by atoms with E-state index in [0.717, 1.165) is 21.7 Å². The molecule has 148 valence electrons. The fraction of sp³-hybridized carbons (Fsp3) is 0.222. The lowest BCUT2D eigenvalue weighted by molar-refractivity contribution is -0.384. The topological polar surface area (TPSA) is 122 Å². The second-order valence-electron chi connectivity index (χ2n) is 6.18.